The zero-order valence-corrected chi connectivity index (χ0v) is 17.8. The number of aromatic nitrogens is 2. The van der Waals surface area contributed by atoms with Crippen molar-refractivity contribution in [2.45, 2.75) is 32.0 Å². The van der Waals surface area contributed by atoms with Crippen LogP contribution in [0.1, 0.15) is 24.0 Å². The molecule has 1 fully saturated rings. The van der Waals surface area contributed by atoms with E-state index >= 15 is 0 Å². The van der Waals surface area contributed by atoms with Crippen LogP contribution in [-0.2, 0) is 17.9 Å². The molecule has 1 N–H and O–H groups in total. The van der Waals surface area contributed by atoms with Crippen LogP contribution in [0.25, 0.3) is 0 Å². The first-order valence-electron chi connectivity index (χ1n) is 10.7. The summed E-state index contributed by atoms with van der Waals surface area (Å²) in [6.07, 6.45) is 3.57. The average molecular weight is 433 g/mol. The molecule has 8 heteroatoms. The zero-order valence-electron chi connectivity index (χ0n) is 17.8. The zero-order chi connectivity index (χ0) is 22.1. The molecule has 0 radical (unpaired) electrons. The lowest BCUT2D eigenvalue weighted by Crippen LogP contribution is -2.49. The van der Waals surface area contributed by atoms with Gasteiger partial charge in [0, 0.05) is 20.1 Å². The largest absolute Gasteiger partial charge is 0.489 e. The highest BCUT2D eigenvalue weighted by molar-refractivity contribution is 6.04. The summed E-state index contributed by atoms with van der Waals surface area (Å²) in [5, 5.41) is 3.27. The lowest BCUT2D eigenvalue weighted by Gasteiger charge is -2.36. The average Bonchev–Trinajstić information content (AvgIpc) is 3.32. The summed E-state index contributed by atoms with van der Waals surface area (Å²) >= 11 is 0. The molecule has 1 aromatic heterocycles. The minimum Gasteiger partial charge on any atom is -0.489 e. The van der Waals surface area contributed by atoms with Crippen molar-refractivity contribution in [3.8, 4) is 5.75 Å². The van der Waals surface area contributed by atoms with E-state index in [1.165, 1.54) is 12.1 Å². The van der Waals surface area contributed by atoms with Crippen molar-refractivity contribution in [1.82, 2.24) is 9.97 Å². The Morgan fingerprint density at radius 1 is 1.12 bits per heavy atom. The number of nitrogens with zero attached hydrogens (tertiary/aromatic N) is 4. The highest BCUT2D eigenvalue weighted by Gasteiger charge is 2.40. The Morgan fingerprint density at radius 3 is 2.66 bits per heavy atom. The van der Waals surface area contributed by atoms with Crippen molar-refractivity contribution in [3.63, 3.8) is 0 Å². The van der Waals surface area contributed by atoms with Gasteiger partial charge in [0.2, 0.25) is 11.9 Å². The first kappa shape index (κ1) is 20.2. The van der Waals surface area contributed by atoms with Gasteiger partial charge < -0.3 is 19.9 Å². The number of anilines is 3. The van der Waals surface area contributed by atoms with E-state index in [2.05, 4.69) is 15.2 Å². The molecule has 1 saturated heterocycles. The molecular weight excluding hydrogens is 409 g/mol. The van der Waals surface area contributed by atoms with Gasteiger partial charge in [-0.05, 0) is 48.2 Å². The number of carbonyl (C=O) groups excluding carboxylic acids is 1. The van der Waals surface area contributed by atoms with Gasteiger partial charge in [0.1, 0.15) is 29.9 Å². The fourth-order valence-corrected chi connectivity index (χ4v) is 4.15. The van der Waals surface area contributed by atoms with Crippen LogP contribution in [0.3, 0.4) is 0 Å². The number of nitrogens with one attached hydrogen (secondary N) is 1. The van der Waals surface area contributed by atoms with Crippen molar-refractivity contribution in [3.05, 3.63) is 71.7 Å². The summed E-state index contributed by atoms with van der Waals surface area (Å²) in [4.78, 5) is 25.4. The van der Waals surface area contributed by atoms with E-state index in [-0.39, 0.29) is 17.8 Å². The maximum atomic E-state index is 13.0. The number of amides is 1. The lowest BCUT2D eigenvalue weighted by atomic mass is 10.1. The van der Waals surface area contributed by atoms with Crippen LogP contribution >= 0.6 is 0 Å². The van der Waals surface area contributed by atoms with Crippen LogP contribution in [0.2, 0.25) is 0 Å². The third kappa shape index (κ3) is 3.95. The molecule has 3 heterocycles. The van der Waals surface area contributed by atoms with Gasteiger partial charge in [-0.15, -0.1) is 0 Å². The van der Waals surface area contributed by atoms with E-state index in [9.17, 15) is 9.18 Å². The number of hydrogen-bond donors (Lipinski definition) is 1. The molecular formula is C24H24FN5O2. The Hall–Kier alpha value is -3.68. The van der Waals surface area contributed by atoms with E-state index in [0.717, 1.165) is 47.8 Å². The molecule has 0 spiro atoms. The maximum absolute atomic E-state index is 13.0. The molecule has 2 aliphatic rings. The summed E-state index contributed by atoms with van der Waals surface area (Å²) in [6, 6.07) is 13.9. The van der Waals surface area contributed by atoms with Crippen molar-refractivity contribution in [2.24, 2.45) is 0 Å². The van der Waals surface area contributed by atoms with Gasteiger partial charge >= 0.3 is 0 Å². The van der Waals surface area contributed by atoms with Gasteiger partial charge in [-0.3, -0.25) is 4.79 Å². The Bertz CT molecular complexity index is 1120. The molecule has 2 aliphatic heterocycles. The van der Waals surface area contributed by atoms with Gasteiger partial charge in [0.25, 0.3) is 0 Å². The molecule has 2 aromatic carbocycles. The summed E-state index contributed by atoms with van der Waals surface area (Å²) in [5.41, 5.74) is 2.72. The van der Waals surface area contributed by atoms with Crippen molar-refractivity contribution in [2.75, 3.05) is 28.7 Å². The van der Waals surface area contributed by atoms with Gasteiger partial charge in [0.05, 0.1) is 6.20 Å². The topological polar surface area (TPSA) is 70.6 Å². The SMILES string of the molecule is CN1C(=O)[C@H]2CCCN2c2nc(NCc3ccc(OCc4ccc(F)cc4)cc3)ncc21. The quantitative estimate of drug-likeness (QED) is 0.639. The first-order valence-corrected chi connectivity index (χ1v) is 10.7. The predicted molar refractivity (Wildman–Crippen MR) is 120 cm³/mol. The summed E-state index contributed by atoms with van der Waals surface area (Å²) < 4.78 is 18.8. The van der Waals surface area contributed by atoms with Crippen LogP contribution in [0, 0.1) is 5.82 Å². The molecule has 3 aromatic rings. The first-order chi connectivity index (χ1) is 15.6. The number of rotatable bonds is 6. The van der Waals surface area contributed by atoms with Crippen LogP contribution in [0.15, 0.2) is 54.7 Å². The lowest BCUT2D eigenvalue weighted by molar-refractivity contribution is -0.119. The van der Waals surface area contributed by atoms with Gasteiger partial charge in [-0.1, -0.05) is 24.3 Å². The number of ether oxygens (including phenoxy) is 1. The van der Waals surface area contributed by atoms with Crippen LogP contribution in [-0.4, -0.2) is 35.5 Å². The maximum Gasteiger partial charge on any atom is 0.249 e. The predicted octanol–water partition coefficient (Wildman–Crippen LogP) is 3.75. The number of fused-ring (bicyclic) bond motifs is 3. The Labute approximate surface area is 185 Å². The molecule has 164 valence electrons. The third-order valence-corrected chi connectivity index (χ3v) is 5.94. The van der Waals surface area contributed by atoms with Crippen LogP contribution in [0.5, 0.6) is 5.75 Å². The molecule has 0 saturated carbocycles. The van der Waals surface area contributed by atoms with E-state index in [1.807, 2.05) is 24.3 Å². The number of likely N-dealkylation sites (N-methyl/N-ethyl adjacent to an activating group) is 1. The molecule has 5 rings (SSSR count). The molecule has 0 aliphatic carbocycles. The second-order valence-electron chi connectivity index (χ2n) is 8.06. The molecule has 0 bridgehead atoms. The van der Waals surface area contributed by atoms with Crippen LogP contribution < -0.4 is 19.9 Å². The molecule has 7 nitrogen and oxygen atoms in total. The minimum absolute atomic E-state index is 0.112. The normalized spacial score (nSPS) is 17.2. The van der Waals surface area contributed by atoms with E-state index in [4.69, 9.17) is 9.72 Å². The van der Waals surface area contributed by atoms with Crippen molar-refractivity contribution in [1.29, 1.82) is 0 Å². The monoisotopic (exact) mass is 433 g/mol. The second kappa shape index (κ2) is 8.45. The Kier molecular flexibility index (Phi) is 5.34. The van der Waals surface area contributed by atoms with E-state index < -0.39 is 0 Å². The smallest absolute Gasteiger partial charge is 0.249 e. The van der Waals surface area contributed by atoms with Crippen molar-refractivity contribution >= 4 is 23.4 Å². The standard InChI is InChI=1S/C24H24FN5O2/c1-29-21-14-27-24(28-22(21)30-12-2-3-20(30)23(29)31)26-13-16-6-10-19(11-7-16)32-15-17-4-8-18(25)9-5-17/h4-11,14,20H,2-3,12-13,15H2,1H3,(H,26,27,28)/t20-/m1/s1. The number of benzene rings is 2. The Balaban J connectivity index is 1.21. The minimum atomic E-state index is -0.255. The van der Waals surface area contributed by atoms with Gasteiger partial charge in [-0.25, -0.2) is 9.37 Å². The van der Waals surface area contributed by atoms with Crippen molar-refractivity contribution < 1.29 is 13.9 Å². The number of hydrogen-bond acceptors (Lipinski definition) is 6. The highest BCUT2D eigenvalue weighted by atomic mass is 19.1. The Morgan fingerprint density at radius 2 is 1.88 bits per heavy atom. The highest BCUT2D eigenvalue weighted by Crippen LogP contribution is 2.37. The summed E-state index contributed by atoms with van der Waals surface area (Å²) in [7, 11) is 1.78. The van der Waals surface area contributed by atoms with E-state index in [1.54, 1.807) is 30.3 Å². The number of carbonyl (C=O) groups is 1. The fourth-order valence-electron chi connectivity index (χ4n) is 4.15. The molecule has 32 heavy (non-hydrogen) atoms. The van der Waals surface area contributed by atoms with Gasteiger partial charge in [-0.2, -0.15) is 4.98 Å². The molecule has 1 amide bonds. The van der Waals surface area contributed by atoms with Crippen LogP contribution in [0.4, 0.5) is 21.8 Å². The number of halogens is 1. The second-order valence-corrected chi connectivity index (χ2v) is 8.06. The van der Waals surface area contributed by atoms with Gasteiger partial charge in [0.15, 0.2) is 5.82 Å². The summed E-state index contributed by atoms with van der Waals surface area (Å²) in [5.74, 6) is 1.96. The summed E-state index contributed by atoms with van der Waals surface area (Å²) in [6.45, 7) is 1.79. The fraction of sp³-hybridized carbons (Fsp3) is 0.292. The van der Waals surface area contributed by atoms with E-state index in [0.29, 0.717) is 19.1 Å². The molecule has 0 unspecified atom stereocenters. The third-order valence-electron chi connectivity index (χ3n) is 5.94. The molecule has 1 atom stereocenters.